The first-order chi connectivity index (χ1) is 14.7. The predicted octanol–water partition coefficient (Wildman–Crippen LogP) is 3.37. The topological polar surface area (TPSA) is 73.3 Å². The van der Waals surface area contributed by atoms with Gasteiger partial charge in [-0.1, -0.05) is 24.3 Å². The van der Waals surface area contributed by atoms with Gasteiger partial charge < -0.3 is 9.32 Å². The minimum absolute atomic E-state index is 0.0212. The zero-order chi connectivity index (χ0) is 20.7. The maximum atomic E-state index is 13.0. The number of carbonyl (C=O) groups is 1. The van der Waals surface area contributed by atoms with Crippen LogP contribution in [-0.4, -0.2) is 38.0 Å². The van der Waals surface area contributed by atoms with Crippen LogP contribution in [0, 0.1) is 0 Å². The second kappa shape index (κ2) is 7.48. The van der Waals surface area contributed by atoms with Crippen molar-refractivity contribution in [3.63, 3.8) is 0 Å². The lowest BCUT2D eigenvalue weighted by molar-refractivity contribution is -0.132. The Morgan fingerprint density at radius 3 is 2.40 bits per heavy atom. The summed E-state index contributed by atoms with van der Waals surface area (Å²) in [4.78, 5) is 32.2. The van der Waals surface area contributed by atoms with E-state index in [0.29, 0.717) is 19.6 Å². The largest absolute Gasteiger partial charge is 0.440 e. The molecule has 4 aromatic rings. The molecule has 0 N–H and O–H groups in total. The van der Waals surface area contributed by atoms with Gasteiger partial charge in [0.25, 0.3) is 0 Å². The third kappa shape index (κ3) is 3.10. The molecule has 30 heavy (non-hydrogen) atoms. The second-order valence-electron chi connectivity index (χ2n) is 7.78. The third-order valence-corrected chi connectivity index (χ3v) is 6.04. The van der Waals surface area contributed by atoms with Crippen LogP contribution < -0.4 is 5.69 Å². The first-order valence-corrected chi connectivity index (χ1v) is 10.5. The van der Waals surface area contributed by atoms with E-state index in [1.165, 1.54) is 0 Å². The van der Waals surface area contributed by atoms with E-state index >= 15 is 0 Å². The molecule has 154 valence electrons. The summed E-state index contributed by atoms with van der Waals surface area (Å²) in [6.07, 6.45) is 1.62. The molecule has 1 aliphatic heterocycles. The highest BCUT2D eigenvalue weighted by atomic mass is 16.3. The molecule has 7 nitrogen and oxygen atoms in total. The number of amides is 1. The van der Waals surface area contributed by atoms with Gasteiger partial charge in [-0.25, -0.2) is 9.78 Å². The molecule has 2 aromatic heterocycles. The summed E-state index contributed by atoms with van der Waals surface area (Å²) in [5, 5.41) is 0. The number of oxazole rings is 1. The van der Waals surface area contributed by atoms with Gasteiger partial charge in [-0.3, -0.25) is 13.9 Å². The van der Waals surface area contributed by atoms with Gasteiger partial charge in [0.2, 0.25) is 5.91 Å². The van der Waals surface area contributed by atoms with E-state index in [9.17, 15) is 9.59 Å². The molecule has 0 bridgehead atoms. The van der Waals surface area contributed by atoms with Crippen molar-refractivity contribution >= 4 is 28.0 Å². The lowest BCUT2D eigenvalue weighted by Gasteiger charge is -2.30. The van der Waals surface area contributed by atoms with Gasteiger partial charge in [0.15, 0.2) is 11.5 Å². The van der Waals surface area contributed by atoms with Crippen molar-refractivity contribution in [3.8, 4) is 0 Å². The Hall–Kier alpha value is -3.35. The summed E-state index contributed by atoms with van der Waals surface area (Å²) in [6, 6.07) is 15.4. The third-order valence-electron chi connectivity index (χ3n) is 6.04. The zero-order valence-electron chi connectivity index (χ0n) is 17.0. The Bertz CT molecular complexity index is 1240. The maximum Gasteiger partial charge on any atom is 0.329 e. The zero-order valence-corrected chi connectivity index (χ0v) is 17.0. The summed E-state index contributed by atoms with van der Waals surface area (Å²) in [7, 11) is 0. The Balaban J connectivity index is 1.30. The summed E-state index contributed by atoms with van der Waals surface area (Å²) < 4.78 is 9.22. The molecule has 1 fully saturated rings. The lowest BCUT2D eigenvalue weighted by Crippen LogP contribution is -2.41. The van der Waals surface area contributed by atoms with Crippen molar-refractivity contribution in [3.05, 3.63) is 64.9 Å². The van der Waals surface area contributed by atoms with Gasteiger partial charge in [-0.05, 0) is 44.0 Å². The number of para-hydroxylation sites is 4. The molecule has 0 radical (unpaired) electrons. The van der Waals surface area contributed by atoms with E-state index in [4.69, 9.17) is 4.42 Å². The minimum Gasteiger partial charge on any atom is -0.440 e. The number of aryl methyl sites for hydroxylation is 1. The van der Waals surface area contributed by atoms with Crippen LogP contribution in [0.5, 0.6) is 0 Å². The van der Waals surface area contributed by atoms with Crippen molar-refractivity contribution in [2.24, 2.45) is 0 Å². The van der Waals surface area contributed by atoms with Crippen molar-refractivity contribution in [2.45, 2.75) is 38.8 Å². The van der Waals surface area contributed by atoms with Gasteiger partial charge in [0, 0.05) is 25.6 Å². The van der Waals surface area contributed by atoms with E-state index in [-0.39, 0.29) is 24.1 Å². The van der Waals surface area contributed by atoms with E-state index in [1.807, 2.05) is 60.4 Å². The van der Waals surface area contributed by atoms with Crippen LogP contribution >= 0.6 is 0 Å². The Kier molecular flexibility index (Phi) is 4.65. The molecule has 0 saturated carbocycles. The van der Waals surface area contributed by atoms with Gasteiger partial charge >= 0.3 is 5.69 Å². The fraction of sp³-hybridized carbons (Fsp3) is 0.348. The van der Waals surface area contributed by atoms with Crippen LogP contribution in [0.3, 0.4) is 0 Å². The highest BCUT2D eigenvalue weighted by molar-refractivity contribution is 5.81. The van der Waals surface area contributed by atoms with Crippen LogP contribution in [0.4, 0.5) is 0 Å². The number of hydrogen-bond acceptors (Lipinski definition) is 4. The van der Waals surface area contributed by atoms with Crippen LogP contribution in [0.25, 0.3) is 22.1 Å². The number of hydrogen-bond donors (Lipinski definition) is 0. The Morgan fingerprint density at radius 2 is 1.70 bits per heavy atom. The van der Waals surface area contributed by atoms with E-state index in [2.05, 4.69) is 4.98 Å². The number of rotatable bonds is 4. The number of likely N-dealkylation sites (tertiary alicyclic amines) is 1. The molecule has 1 aliphatic rings. The second-order valence-corrected chi connectivity index (χ2v) is 7.78. The molecule has 0 spiro atoms. The molecule has 0 unspecified atom stereocenters. The predicted molar refractivity (Wildman–Crippen MR) is 114 cm³/mol. The molecule has 0 atom stereocenters. The molecule has 2 aromatic carbocycles. The normalized spacial score (nSPS) is 15.3. The summed E-state index contributed by atoms with van der Waals surface area (Å²) in [5.41, 5.74) is 3.22. The van der Waals surface area contributed by atoms with Crippen molar-refractivity contribution in [1.29, 1.82) is 0 Å². The van der Waals surface area contributed by atoms with Crippen LogP contribution in [0.15, 0.2) is 57.7 Å². The maximum absolute atomic E-state index is 13.0. The highest BCUT2D eigenvalue weighted by Gasteiger charge is 2.27. The van der Waals surface area contributed by atoms with Gasteiger partial charge in [-0.2, -0.15) is 0 Å². The van der Waals surface area contributed by atoms with Crippen LogP contribution in [0.2, 0.25) is 0 Å². The first-order valence-electron chi connectivity index (χ1n) is 10.5. The van der Waals surface area contributed by atoms with Crippen molar-refractivity contribution < 1.29 is 9.21 Å². The Labute approximate surface area is 173 Å². The molecular weight excluding hydrogens is 380 g/mol. The lowest BCUT2D eigenvalue weighted by atomic mass is 9.97. The van der Waals surface area contributed by atoms with Crippen LogP contribution in [0.1, 0.15) is 31.6 Å². The van der Waals surface area contributed by atoms with Gasteiger partial charge in [0.05, 0.1) is 11.0 Å². The molecule has 3 heterocycles. The Morgan fingerprint density at radius 1 is 1.03 bits per heavy atom. The molecule has 7 heteroatoms. The number of fused-ring (bicyclic) bond motifs is 2. The minimum atomic E-state index is -0.131. The van der Waals surface area contributed by atoms with Crippen molar-refractivity contribution in [1.82, 2.24) is 19.0 Å². The number of nitrogens with zero attached hydrogens (tertiary/aromatic N) is 4. The highest BCUT2D eigenvalue weighted by Crippen LogP contribution is 2.30. The number of imidazole rings is 1. The number of piperidine rings is 1. The van der Waals surface area contributed by atoms with E-state index < -0.39 is 0 Å². The molecule has 1 amide bonds. The molecule has 5 rings (SSSR count). The van der Waals surface area contributed by atoms with E-state index in [1.54, 1.807) is 9.13 Å². The number of benzene rings is 2. The summed E-state index contributed by atoms with van der Waals surface area (Å²) in [5.74, 6) is 0.948. The number of aromatic nitrogens is 3. The molecule has 1 saturated heterocycles. The summed E-state index contributed by atoms with van der Waals surface area (Å²) in [6.45, 7) is 3.87. The average molecular weight is 404 g/mol. The SMILES string of the molecule is CCn1c(=O)n(CC(=O)N2CCC(c3nc4ccccc4o3)CC2)c2ccccc21. The molecular formula is C23H24N4O3. The first kappa shape index (κ1) is 18.7. The van der Waals surface area contributed by atoms with Gasteiger partial charge in [0.1, 0.15) is 12.1 Å². The fourth-order valence-corrected chi connectivity index (χ4v) is 4.41. The quantitative estimate of drug-likeness (QED) is 0.523. The average Bonchev–Trinajstić information content (AvgIpc) is 3.33. The number of carbonyl (C=O) groups excluding carboxylic acids is 1. The smallest absolute Gasteiger partial charge is 0.329 e. The van der Waals surface area contributed by atoms with E-state index in [0.717, 1.165) is 40.9 Å². The summed E-state index contributed by atoms with van der Waals surface area (Å²) >= 11 is 0. The fourth-order valence-electron chi connectivity index (χ4n) is 4.41. The van der Waals surface area contributed by atoms with Crippen molar-refractivity contribution in [2.75, 3.05) is 13.1 Å². The molecule has 0 aliphatic carbocycles. The standard InChI is InChI=1S/C23H24N4O3/c1-2-26-18-8-4-5-9-19(18)27(23(26)29)15-21(28)25-13-11-16(12-14-25)22-24-17-7-3-6-10-20(17)30-22/h3-10,16H,2,11-15H2,1H3. The van der Waals surface area contributed by atoms with Crippen LogP contribution in [-0.2, 0) is 17.9 Å². The van der Waals surface area contributed by atoms with Gasteiger partial charge in [-0.15, -0.1) is 0 Å². The monoisotopic (exact) mass is 404 g/mol.